The van der Waals surface area contributed by atoms with Crippen LogP contribution in [0.3, 0.4) is 0 Å². The molecule has 0 aliphatic heterocycles. The zero-order valence-electron chi connectivity index (χ0n) is 9.47. The van der Waals surface area contributed by atoms with Gasteiger partial charge in [-0.2, -0.15) is 0 Å². The lowest BCUT2D eigenvalue weighted by Crippen LogP contribution is -2.44. The molecule has 0 bridgehead atoms. The highest BCUT2D eigenvalue weighted by Crippen LogP contribution is 2.34. The standard InChI is InChI=1S/C12H25N/c1-4-10(2)9-12(13)7-5-11(3)6-8-12/h10-11H,4-9,13H2,1-3H3. The van der Waals surface area contributed by atoms with Crippen LogP contribution in [0.15, 0.2) is 0 Å². The molecule has 1 aliphatic carbocycles. The van der Waals surface area contributed by atoms with Gasteiger partial charge in [-0.3, -0.25) is 0 Å². The predicted molar refractivity (Wildman–Crippen MR) is 58.6 cm³/mol. The van der Waals surface area contributed by atoms with Gasteiger partial charge in [-0.1, -0.05) is 27.2 Å². The quantitative estimate of drug-likeness (QED) is 0.713. The zero-order valence-corrected chi connectivity index (χ0v) is 9.47. The Kier molecular flexibility index (Phi) is 3.78. The van der Waals surface area contributed by atoms with E-state index in [1.54, 1.807) is 0 Å². The summed E-state index contributed by atoms with van der Waals surface area (Å²) in [4.78, 5) is 0. The average molecular weight is 183 g/mol. The third kappa shape index (κ3) is 3.30. The molecule has 0 amide bonds. The van der Waals surface area contributed by atoms with Crippen LogP contribution in [0.4, 0.5) is 0 Å². The molecular formula is C12H25N. The lowest BCUT2D eigenvalue weighted by molar-refractivity contribution is 0.206. The first-order valence-corrected chi connectivity index (χ1v) is 5.84. The van der Waals surface area contributed by atoms with Crippen LogP contribution in [0.5, 0.6) is 0 Å². The average Bonchev–Trinajstić information content (AvgIpc) is 2.10. The molecule has 13 heavy (non-hydrogen) atoms. The summed E-state index contributed by atoms with van der Waals surface area (Å²) in [5, 5.41) is 0. The summed E-state index contributed by atoms with van der Waals surface area (Å²) < 4.78 is 0. The molecule has 0 radical (unpaired) electrons. The Bertz CT molecular complexity index is 145. The molecule has 1 fully saturated rings. The molecule has 2 N–H and O–H groups in total. The van der Waals surface area contributed by atoms with Gasteiger partial charge in [-0.15, -0.1) is 0 Å². The minimum atomic E-state index is 0.182. The molecule has 0 saturated heterocycles. The van der Waals surface area contributed by atoms with E-state index < -0.39 is 0 Å². The van der Waals surface area contributed by atoms with Gasteiger partial charge < -0.3 is 5.73 Å². The Balaban J connectivity index is 2.38. The van der Waals surface area contributed by atoms with Crippen molar-refractivity contribution < 1.29 is 0 Å². The van der Waals surface area contributed by atoms with Gasteiger partial charge in [-0.05, 0) is 43.9 Å². The van der Waals surface area contributed by atoms with Gasteiger partial charge in [0.15, 0.2) is 0 Å². The van der Waals surface area contributed by atoms with Crippen LogP contribution in [0.2, 0.25) is 0 Å². The van der Waals surface area contributed by atoms with Gasteiger partial charge in [-0.25, -0.2) is 0 Å². The Labute approximate surface area is 83.1 Å². The molecule has 1 nitrogen and oxygen atoms in total. The molecule has 0 heterocycles. The smallest absolute Gasteiger partial charge is 0.0157 e. The maximum absolute atomic E-state index is 6.40. The second-order valence-electron chi connectivity index (χ2n) is 5.26. The second kappa shape index (κ2) is 4.45. The highest BCUT2D eigenvalue weighted by Gasteiger charge is 2.30. The van der Waals surface area contributed by atoms with Crippen molar-refractivity contribution in [1.29, 1.82) is 0 Å². The molecule has 1 saturated carbocycles. The lowest BCUT2D eigenvalue weighted by Gasteiger charge is -2.37. The normalized spacial score (nSPS) is 37.4. The summed E-state index contributed by atoms with van der Waals surface area (Å²) in [6, 6.07) is 0. The van der Waals surface area contributed by atoms with E-state index in [1.807, 2.05) is 0 Å². The van der Waals surface area contributed by atoms with Crippen LogP contribution in [0, 0.1) is 11.8 Å². The third-order valence-corrected chi connectivity index (χ3v) is 3.72. The zero-order chi connectivity index (χ0) is 9.90. The van der Waals surface area contributed by atoms with E-state index in [9.17, 15) is 0 Å². The van der Waals surface area contributed by atoms with Crippen molar-refractivity contribution in [3.05, 3.63) is 0 Å². The molecule has 0 aromatic carbocycles. The van der Waals surface area contributed by atoms with E-state index >= 15 is 0 Å². The van der Waals surface area contributed by atoms with E-state index in [-0.39, 0.29) is 5.54 Å². The summed E-state index contributed by atoms with van der Waals surface area (Å²) in [7, 11) is 0. The summed E-state index contributed by atoms with van der Waals surface area (Å²) in [6.07, 6.45) is 7.68. The third-order valence-electron chi connectivity index (χ3n) is 3.72. The topological polar surface area (TPSA) is 26.0 Å². The van der Waals surface area contributed by atoms with Gasteiger partial charge in [0.1, 0.15) is 0 Å². The van der Waals surface area contributed by atoms with Crippen molar-refractivity contribution in [2.75, 3.05) is 0 Å². The van der Waals surface area contributed by atoms with Gasteiger partial charge in [0, 0.05) is 5.54 Å². The monoisotopic (exact) mass is 183 g/mol. The first-order chi connectivity index (χ1) is 6.06. The molecular weight excluding hydrogens is 158 g/mol. The molecule has 1 rings (SSSR count). The lowest BCUT2D eigenvalue weighted by atomic mass is 9.73. The Morgan fingerprint density at radius 2 is 1.92 bits per heavy atom. The molecule has 1 atom stereocenters. The van der Waals surface area contributed by atoms with Crippen molar-refractivity contribution >= 4 is 0 Å². The summed E-state index contributed by atoms with van der Waals surface area (Å²) in [6.45, 7) is 6.94. The van der Waals surface area contributed by atoms with Crippen molar-refractivity contribution in [3.63, 3.8) is 0 Å². The van der Waals surface area contributed by atoms with Crippen LogP contribution < -0.4 is 5.73 Å². The van der Waals surface area contributed by atoms with Gasteiger partial charge in [0.2, 0.25) is 0 Å². The van der Waals surface area contributed by atoms with Crippen LogP contribution in [-0.4, -0.2) is 5.54 Å². The van der Waals surface area contributed by atoms with E-state index in [2.05, 4.69) is 20.8 Å². The number of rotatable bonds is 3. The first-order valence-electron chi connectivity index (χ1n) is 5.84. The van der Waals surface area contributed by atoms with Crippen LogP contribution in [0.25, 0.3) is 0 Å². The van der Waals surface area contributed by atoms with E-state index in [0.29, 0.717) is 0 Å². The molecule has 1 aliphatic rings. The largest absolute Gasteiger partial charge is 0.325 e. The van der Waals surface area contributed by atoms with Crippen LogP contribution in [0.1, 0.15) is 59.3 Å². The highest BCUT2D eigenvalue weighted by molar-refractivity contribution is 4.89. The van der Waals surface area contributed by atoms with Crippen LogP contribution in [-0.2, 0) is 0 Å². The molecule has 0 spiro atoms. The van der Waals surface area contributed by atoms with Gasteiger partial charge >= 0.3 is 0 Å². The number of hydrogen-bond donors (Lipinski definition) is 1. The Morgan fingerprint density at radius 1 is 1.38 bits per heavy atom. The van der Waals surface area contributed by atoms with Gasteiger partial charge in [0.25, 0.3) is 0 Å². The number of hydrogen-bond acceptors (Lipinski definition) is 1. The second-order valence-corrected chi connectivity index (χ2v) is 5.26. The molecule has 0 aromatic heterocycles. The van der Waals surface area contributed by atoms with Crippen LogP contribution >= 0.6 is 0 Å². The minimum absolute atomic E-state index is 0.182. The SMILES string of the molecule is CCC(C)CC1(N)CCC(C)CC1. The molecule has 1 heteroatoms. The van der Waals surface area contributed by atoms with Crippen molar-refractivity contribution in [3.8, 4) is 0 Å². The minimum Gasteiger partial charge on any atom is -0.325 e. The number of nitrogens with two attached hydrogens (primary N) is 1. The van der Waals surface area contributed by atoms with Gasteiger partial charge in [0.05, 0.1) is 0 Å². The first kappa shape index (κ1) is 11.0. The molecule has 1 unspecified atom stereocenters. The van der Waals surface area contributed by atoms with Crippen molar-refractivity contribution in [2.45, 2.75) is 64.8 Å². The van der Waals surface area contributed by atoms with Crippen molar-refractivity contribution in [2.24, 2.45) is 17.6 Å². The molecule has 0 aromatic rings. The molecule has 78 valence electrons. The Morgan fingerprint density at radius 3 is 2.38 bits per heavy atom. The van der Waals surface area contributed by atoms with E-state index in [1.165, 1.54) is 38.5 Å². The summed E-state index contributed by atoms with van der Waals surface area (Å²) in [5.41, 5.74) is 6.58. The fraction of sp³-hybridized carbons (Fsp3) is 1.00. The maximum atomic E-state index is 6.40. The maximum Gasteiger partial charge on any atom is 0.0157 e. The van der Waals surface area contributed by atoms with E-state index in [4.69, 9.17) is 5.73 Å². The van der Waals surface area contributed by atoms with Crippen molar-refractivity contribution in [1.82, 2.24) is 0 Å². The summed E-state index contributed by atoms with van der Waals surface area (Å²) >= 11 is 0. The highest BCUT2D eigenvalue weighted by atomic mass is 14.7. The Hall–Kier alpha value is -0.0400. The fourth-order valence-corrected chi connectivity index (χ4v) is 2.38. The predicted octanol–water partition coefficient (Wildman–Crippen LogP) is 3.33. The van der Waals surface area contributed by atoms with E-state index in [0.717, 1.165) is 11.8 Å². The summed E-state index contributed by atoms with van der Waals surface area (Å²) in [5.74, 6) is 1.71. The fourth-order valence-electron chi connectivity index (χ4n) is 2.38.